The Morgan fingerprint density at radius 2 is 1.71 bits per heavy atom. The molecule has 0 bridgehead atoms. The van der Waals surface area contributed by atoms with Gasteiger partial charge in [0.2, 0.25) is 0 Å². The third-order valence-electron chi connectivity index (χ3n) is 5.63. The first-order valence-electron chi connectivity index (χ1n) is 10.3. The Balaban J connectivity index is 1.58. The number of ether oxygens (including phenoxy) is 1. The van der Waals surface area contributed by atoms with E-state index < -0.39 is 0 Å². The van der Waals surface area contributed by atoms with E-state index in [4.69, 9.17) is 4.74 Å². The van der Waals surface area contributed by atoms with Crippen LogP contribution in [0.1, 0.15) is 47.6 Å². The van der Waals surface area contributed by atoms with Crippen LogP contribution >= 0.6 is 0 Å². The van der Waals surface area contributed by atoms with E-state index in [0.717, 1.165) is 18.8 Å². The number of hydrogen-bond acceptors (Lipinski definition) is 3. The number of piperidine rings is 1. The molecule has 0 spiro atoms. The molecule has 0 saturated carbocycles. The zero-order chi connectivity index (χ0) is 19.9. The number of benzene rings is 2. The van der Waals surface area contributed by atoms with Gasteiger partial charge in [-0.1, -0.05) is 42.3 Å². The summed E-state index contributed by atoms with van der Waals surface area (Å²) in [5, 5.41) is 3.08. The van der Waals surface area contributed by atoms with Crippen molar-refractivity contribution in [2.75, 3.05) is 26.2 Å². The molecular formula is C24H32N2O2. The van der Waals surface area contributed by atoms with Crippen LogP contribution in [0.25, 0.3) is 0 Å². The first kappa shape index (κ1) is 20.4. The highest BCUT2D eigenvalue weighted by molar-refractivity contribution is 5.77. The number of rotatable bonds is 7. The molecule has 4 nitrogen and oxygen atoms in total. The zero-order valence-corrected chi connectivity index (χ0v) is 17.3. The topological polar surface area (TPSA) is 41.6 Å². The van der Waals surface area contributed by atoms with Crippen molar-refractivity contribution in [1.29, 1.82) is 0 Å². The van der Waals surface area contributed by atoms with Crippen molar-refractivity contribution in [1.82, 2.24) is 10.2 Å². The first-order valence-corrected chi connectivity index (χ1v) is 10.3. The van der Waals surface area contributed by atoms with Gasteiger partial charge in [0.1, 0.15) is 5.75 Å². The summed E-state index contributed by atoms with van der Waals surface area (Å²) in [4.78, 5) is 14.9. The minimum absolute atomic E-state index is 0.0448. The van der Waals surface area contributed by atoms with E-state index in [-0.39, 0.29) is 18.6 Å². The standard InChI is InChI=1S/C24H32N2O2/c1-18-7-10-21(11-8-18)23(26-13-5-4-6-14-26)16-25-24(27)17-28-22-12-9-19(2)20(3)15-22/h7-12,15,23H,4-6,13-14,16-17H2,1-3H3,(H,25,27). The molecule has 2 aromatic carbocycles. The maximum absolute atomic E-state index is 12.4. The van der Waals surface area contributed by atoms with Gasteiger partial charge in [-0.15, -0.1) is 0 Å². The van der Waals surface area contributed by atoms with Crippen LogP contribution in [0.2, 0.25) is 0 Å². The lowest BCUT2D eigenvalue weighted by Gasteiger charge is -2.35. The number of hydrogen-bond donors (Lipinski definition) is 1. The van der Waals surface area contributed by atoms with Gasteiger partial charge in [-0.2, -0.15) is 0 Å². The second-order valence-corrected chi connectivity index (χ2v) is 7.86. The van der Waals surface area contributed by atoms with Crippen molar-refractivity contribution < 1.29 is 9.53 Å². The highest BCUT2D eigenvalue weighted by Gasteiger charge is 2.22. The molecule has 1 N–H and O–H groups in total. The molecule has 0 aromatic heterocycles. The number of aryl methyl sites for hydroxylation is 3. The molecule has 1 amide bonds. The number of amides is 1. The van der Waals surface area contributed by atoms with E-state index in [1.807, 2.05) is 25.1 Å². The number of nitrogens with one attached hydrogen (secondary N) is 1. The number of carbonyl (C=O) groups excluding carboxylic acids is 1. The fourth-order valence-electron chi connectivity index (χ4n) is 3.69. The first-order chi connectivity index (χ1) is 13.5. The summed E-state index contributed by atoms with van der Waals surface area (Å²) < 4.78 is 5.68. The van der Waals surface area contributed by atoms with Gasteiger partial charge in [-0.3, -0.25) is 9.69 Å². The molecule has 0 aliphatic carbocycles. The lowest BCUT2D eigenvalue weighted by atomic mass is 10.0. The SMILES string of the molecule is Cc1ccc(C(CNC(=O)COc2ccc(C)c(C)c2)N2CCCCC2)cc1. The molecule has 150 valence electrons. The predicted octanol–water partition coefficient (Wildman–Crippen LogP) is 4.33. The molecule has 1 saturated heterocycles. The van der Waals surface area contributed by atoms with Gasteiger partial charge in [-0.05, 0) is 75.5 Å². The smallest absolute Gasteiger partial charge is 0.258 e. The molecular weight excluding hydrogens is 348 g/mol. The number of likely N-dealkylation sites (tertiary alicyclic amines) is 1. The van der Waals surface area contributed by atoms with Crippen molar-refractivity contribution in [3.63, 3.8) is 0 Å². The van der Waals surface area contributed by atoms with Gasteiger partial charge in [0.25, 0.3) is 5.91 Å². The monoisotopic (exact) mass is 380 g/mol. The molecule has 1 heterocycles. The van der Waals surface area contributed by atoms with Crippen LogP contribution in [0.4, 0.5) is 0 Å². The lowest BCUT2D eigenvalue weighted by Crippen LogP contribution is -2.41. The fraction of sp³-hybridized carbons (Fsp3) is 0.458. The molecule has 2 aromatic rings. The van der Waals surface area contributed by atoms with Gasteiger partial charge in [0.15, 0.2) is 6.61 Å². The summed E-state index contributed by atoms with van der Waals surface area (Å²) >= 11 is 0. The molecule has 1 fully saturated rings. The van der Waals surface area contributed by atoms with Crippen LogP contribution in [0, 0.1) is 20.8 Å². The van der Waals surface area contributed by atoms with Gasteiger partial charge in [0, 0.05) is 6.54 Å². The van der Waals surface area contributed by atoms with Crippen molar-refractivity contribution in [2.45, 2.75) is 46.1 Å². The van der Waals surface area contributed by atoms with E-state index in [0.29, 0.717) is 6.54 Å². The third-order valence-corrected chi connectivity index (χ3v) is 5.63. The molecule has 28 heavy (non-hydrogen) atoms. The summed E-state index contributed by atoms with van der Waals surface area (Å²) in [7, 11) is 0. The van der Waals surface area contributed by atoms with E-state index in [1.54, 1.807) is 0 Å². The summed E-state index contributed by atoms with van der Waals surface area (Å²) in [5.74, 6) is 0.664. The summed E-state index contributed by atoms with van der Waals surface area (Å²) in [6.07, 6.45) is 3.76. The van der Waals surface area contributed by atoms with E-state index in [2.05, 4.69) is 48.3 Å². The Morgan fingerprint density at radius 3 is 2.39 bits per heavy atom. The normalized spacial score (nSPS) is 15.8. The summed E-state index contributed by atoms with van der Waals surface area (Å²) in [5.41, 5.74) is 4.91. The van der Waals surface area contributed by atoms with Crippen LogP contribution < -0.4 is 10.1 Å². The van der Waals surface area contributed by atoms with Crippen LogP contribution in [0.3, 0.4) is 0 Å². The van der Waals surface area contributed by atoms with Crippen molar-refractivity contribution >= 4 is 5.91 Å². The second kappa shape index (κ2) is 9.74. The molecule has 0 radical (unpaired) electrons. The Hall–Kier alpha value is -2.33. The molecule has 4 heteroatoms. The van der Waals surface area contributed by atoms with Gasteiger partial charge in [0.05, 0.1) is 6.04 Å². The maximum atomic E-state index is 12.4. The number of carbonyl (C=O) groups is 1. The molecule has 1 aliphatic heterocycles. The van der Waals surface area contributed by atoms with Crippen LogP contribution in [-0.4, -0.2) is 37.0 Å². The Labute approximate surface area is 168 Å². The van der Waals surface area contributed by atoms with E-state index in [1.165, 1.54) is 41.5 Å². The summed E-state index contributed by atoms with van der Waals surface area (Å²) in [6, 6.07) is 14.8. The van der Waals surface area contributed by atoms with Crippen molar-refractivity contribution in [3.05, 3.63) is 64.7 Å². The predicted molar refractivity (Wildman–Crippen MR) is 114 cm³/mol. The van der Waals surface area contributed by atoms with Gasteiger partial charge >= 0.3 is 0 Å². The average molecular weight is 381 g/mol. The van der Waals surface area contributed by atoms with Crippen LogP contribution in [0.15, 0.2) is 42.5 Å². The Morgan fingerprint density at radius 1 is 1.00 bits per heavy atom. The summed E-state index contributed by atoms with van der Waals surface area (Å²) in [6.45, 7) is 9.05. The van der Waals surface area contributed by atoms with Crippen LogP contribution in [0.5, 0.6) is 5.75 Å². The minimum atomic E-state index is -0.0765. The molecule has 1 atom stereocenters. The average Bonchev–Trinajstić information content (AvgIpc) is 2.71. The van der Waals surface area contributed by atoms with Crippen molar-refractivity contribution in [3.8, 4) is 5.75 Å². The highest BCUT2D eigenvalue weighted by atomic mass is 16.5. The molecule has 1 unspecified atom stereocenters. The second-order valence-electron chi connectivity index (χ2n) is 7.86. The maximum Gasteiger partial charge on any atom is 0.258 e. The zero-order valence-electron chi connectivity index (χ0n) is 17.3. The third kappa shape index (κ3) is 5.59. The van der Waals surface area contributed by atoms with Crippen LogP contribution in [-0.2, 0) is 4.79 Å². The van der Waals surface area contributed by atoms with Crippen molar-refractivity contribution in [2.24, 2.45) is 0 Å². The van der Waals surface area contributed by atoms with Gasteiger partial charge in [-0.25, -0.2) is 0 Å². The Bertz CT molecular complexity index is 780. The minimum Gasteiger partial charge on any atom is -0.484 e. The lowest BCUT2D eigenvalue weighted by molar-refractivity contribution is -0.123. The Kier molecular flexibility index (Phi) is 7.10. The highest BCUT2D eigenvalue weighted by Crippen LogP contribution is 2.24. The largest absolute Gasteiger partial charge is 0.484 e. The fourth-order valence-corrected chi connectivity index (χ4v) is 3.69. The van der Waals surface area contributed by atoms with E-state index in [9.17, 15) is 4.79 Å². The number of nitrogens with zero attached hydrogens (tertiary/aromatic N) is 1. The molecule has 3 rings (SSSR count). The molecule has 1 aliphatic rings. The van der Waals surface area contributed by atoms with Gasteiger partial charge < -0.3 is 10.1 Å². The van der Waals surface area contributed by atoms with E-state index >= 15 is 0 Å². The quantitative estimate of drug-likeness (QED) is 0.777.